The predicted molar refractivity (Wildman–Crippen MR) is 69.8 cm³/mol. The summed E-state index contributed by atoms with van der Waals surface area (Å²) in [5.74, 6) is 1.22. The molecular formula is C14H20N2O2. The molecule has 2 rings (SSSR count). The SMILES string of the molecule is COc1ccc2c(n1)CC(CCC(C)C)NC2=O. The number of rotatable bonds is 4. The number of pyridine rings is 1. The smallest absolute Gasteiger partial charge is 0.253 e. The lowest BCUT2D eigenvalue weighted by atomic mass is 9.94. The van der Waals surface area contributed by atoms with Crippen molar-refractivity contribution in [2.45, 2.75) is 39.2 Å². The zero-order chi connectivity index (χ0) is 13.1. The van der Waals surface area contributed by atoms with Gasteiger partial charge >= 0.3 is 0 Å². The summed E-state index contributed by atoms with van der Waals surface area (Å²) in [4.78, 5) is 16.3. The summed E-state index contributed by atoms with van der Waals surface area (Å²) in [5, 5.41) is 3.05. The molecule has 1 aromatic heterocycles. The highest BCUT2D eigenvalue weighted by molar-refractivity contribution is 5.96. The summed E-state index contributed by atoms with van der Waals surface area (Å²) in [6, 6.07) is 3.72. The maximum Gasteiger partial charge on any atom is 0.253 e. The first kappa shape index (κ1) is 12.9. The van der Waals surface area contributed by atoms with Gasteiger partial charge in [-0.3, -0.25) is 4.79 Å². The second-order valence-electron chi connectivity index (χ2n) is 5.19. The van der Waals surface area contributed by atoms with Crippen LogP contribution in [0.3, 0.4) is 0 Å². The van der Waals surface area contributed by atoms with Crippen molar-refractivity contribution in [2.24, 2.45) is 5.92 Å². The third-order valence-corrected chi connectivity index (χ3v) is 3.27. The molecule has 1 amide bonds. The quantitative estimate of drug-likeness (QED) is 0.888. The Labute approximate surface area is 108 Å². The van der Waals surface area contributed by atoms with Crippen molar-refractivity contribution in [3.05, 3.63) is 23.4 Å². The minimum atomic E-state index is -0.0137. The van der Waals surface area contributed by atoms with E-state index >= 15 is 0 Å². The molecule has 98 valence electrons. The topological polar surface area (TPSA) is 51.2 Å². The van der Waals surface area contributed by atoms with Gasteiger partial charge in [-0.25, -0.2) is 4.98 Å². The van der Waals surface area contributed by atoms with Crippen LogP contribution < -0.4 is 10.1 Å². The van der Waals surface area contributed by atoms with Gasteiger partial charge in [-0.2, -0.15) is 0 Å². The molecule has 0 aliphatic carbocycles. The fourth-order valence-electron chi connectivity index (χ4n) is 2.21. The molecule has 4 nitrogen and oxygen atoms in total. The van der Waals surface area contributed by atoms with Crippen molar-refractivity contribution < 1.29 is 9.53 Å². The molecule has 0 aromatic carbocycles. The van der Waals surface area contributed by atoms with Crippen LogP contribution in [0.1, 0.15) is 42.7 Å². The number of nitrogens with zero attached hydrogens (tertiary/aromatic N) is 1. The maximum absolute atomic E-state index is 11.9. The minimum absolute atomic E-state index is 0.0137. The number of hydrogen-bond acceptors (Lipinski definition) is 3. The van der Waals surface area contributed by atoms with Crippen LogP contribution in [-0.2, 0) is 6.42 Å². The molecule has 1 N–H and O–H groups in total. The van der Waals surface area contributed by atoms with Crippen LogP contribution in [0.25, 0.3) is 0 Å². The van der Waals surface area contributed by atoms with Gasteiger partial charge in [-0.15, -0.1) is 0 Å². The van der Waals surface area contributed by atoms with Crippen LogP contribution >= 0.6 is 0 Å². The van der Waals surface area contributed by atoms with Crippen LogP contribution in [0, 0.1) is 5.92 Å². The van der Waals surface area contributed by atoms with Gasteiger partial charge < -0.3 is 10.1 Å². The molecular weight excluding hydrogens is 228 g/mol. The van der Waals surface area contributed by atoms with Crippen molar-refractivity contribution in [1.82, 2.24) is 10.3 Å². The van der Waals surface area contributed by atoms with Gasteiger partial charge in [0.05, 0.1) is 18.4 Å². The molecule has 0 radical (unpaired) electrons. The Kier molecular flexibility index (Phi) is 3.84. The van der Waals surface area contributed by atoms with Crippen LogP contribution in [0.2, 0.25) is 0 Å². The zero-order valence-corrected chi connectivity index (χ0v) is 11.2. The van der Waals surface area contributed by atoms with Crippen molar-refractivity contribution in [2.75, 3.05) is 7.11 Å². The number of hydrogen-bond donors (Lipinski definition) is 1. The molecule has 0 bridgehead atoms. The van der Waals surface area contributed by atoms with E-state index in [1.807, 2.05) is 0 Å². The summed E-state index contributed by atoms with van der Waals surface area (Å²) in [6.07, 6.45) is 2.91. The van der Waals surface area contributed by atoms with Gasteiger partial charge in [-0.1, -0.05) is 13.8 Å². The van der Waals surface area contributed by atoms with E-state index in [2.05, 4.69) is 24.1 Å². The van der Waals surface area contributed by atoms with E-state index in [-0.39, 0.29) is 11.9 Å². The average molecular weight is 248 g/mol. The van der Waals surface area contributed by atoms with E-state index in [4.69, 9.17) is 4.74 Å². The highest BCUT2D eigenvalue weighted by Crippen LogP contribution is 2.21. The first-order valence-corrected chi connectivity index (χ1v) is 6.45. The molecule has 2 heterocycles. The standard InChI is InChI=1S/C14H20N2O2/c1-9(2)4-5-10-8-12-11(14(17)15-10)6-7-13(16-12)18-3/h6-7,9-10H,4-5,8H2,1-3H3,(H,15,17). The normalized spacial score (nSPS) is 18.4. The van der Waals surface area contributed by atoms with Gasteiger partial charge in [-0.05, 0) is 24.8 Å². The van der Waals surface area contributed by atoms with Crippen molar-refractivity contribution in [3.63, 3.8) is 0 Å². The molecule has 1 unspecified atom stereocenters. The molecule has 0 spiro atoms. The molecule has 1 atom stereocenters. The Bertz CT molecular complexity index is 443. The summed E-state index contributed by atoms with van der Waals surface area (Å²) >= 11 is 0. The first-order valence-electron chi connectivity index (χ1n) is 6.45. The zero-order valence-electron chi connectivity index (χ0n) is 11.2. The number of carbonyl (C=O) groups excluding carboxylic acids is 1. The Morgan fingerprint density at radius 3 is 2.94 bits per heavy atom. The monoisotopic (exact) mass is 248 g/mol. The van der Waals surface area contributed by atoms with E-state index in [0.29, 0.717) is 17.4 Å². The average Bonchev–Trinajstić information content (AvgIpc) is 2.35. The van der Waals surface area contributed by atoms with Crippen LogP contribution in [0.15, 0.2) is 12.1 Å². The molecule has 4 heteroatoms. The van der Waals surface area contributed by atoms with Crippen molar-refractivity contribution >= 4 is 5.91 Å². The number of amides is 1. The van der Waals surface area contributed by atoms with E-state index in [1.165, 1.54) is 0 Å². The van der Waals surface area contributed by atoms with Crippen LogP contribution in [0.5, 0.6) is 5.88 Å². The summed E-state index contributed by atoms with van der Waals surface area (Å²) in [6.45, 7) is 4.39. The first-order chi connectivity index (χ1) is 8.60. The predicted octanol–water partition coefficient (Wildman–Crippen LogP) is 2.18. The highest BCUT2D eigenvalue weighted by atomic mass is 16.5. The molecule has 0 saturated heterocycles. The van der Waals surface area contributed by atoms with Crippen LogP contribution in [-0.4, -0.2) is 24.0 Å². The van der Waals surface area contributed by atoms with Gasteiger partial charge in [0.15, 0.2) is 0 Å². The molecule has 1 aliphatic rings. The lowest BCUT2D eigenvalue weighted by Gasteiger charge is -2.25. The maximum atomic E-state index is 11.9. The van der Waals surface area contributed by atoms with Gasteiger partial charge in [0.2, 0.25) is 5.88 Å². The Morgan fingerprint density at radius 2 is 2.28 bits per heavy atom. The van der Waals surface area contributed by atoms with E-state index < -0.39 is 0 Å². The molecule has 18 heavy (non-hydrogen) atoms. The fraction of sp³-hybridized carbons (Fsp3) is 0.571. The summed E-state index contributed by atoms with van der Waals surface area (Å²) in [5.41, 5.74) is 1.53. The van der Waals surface area contributed by atoms with E-state index in [1.54, 1.807) is 19.2 Å². The molecule has 0 fully saturated rings. The second-order valence-corrected chi connectivity index (χ2v) is 5.19. The van der Waals surface area contributed by atoms with Gasteiger partial charge in [0.25, 0.3) is 5.91 Å². The lowest BCUT2D eigenvalue weighted by Crippen LogP contribution is -2.41. The second kappa shape index (κ2) is 5.38. The van der Waals surface area contributed by atoms with E-state index in [0.717, 1.165) is 25.0 Å². The molecule has 0 saturated carbocycles. The van der Waals surface area contributed by atoms with E-state index in [9.17, 15) is 4.79 Å². The number of fused-ring (bicyclic) bond motifs is 1. The Balaban J connectivity index is 2.13. The van der Waals surface area contributed by atoms with Gasteiger partial charge in [0, 0.05) is 18.5 Å². The number of nitrogens with one attached hydrogen (secondary N) is 1. The third-order valence-electron chi connectivity index (χ3n) is 3.27. The third kappa shape index (κ3) is 2.81. The van der Waals surface area contributed by atoms with Crippen molar-refractivity contribution in [3.8, 4) is 5.88 Å². The number of methoxy groups -OCH3 is 1. The lowest BCUT2D eigenvalue weighted by molar-refractivity contribution is 0.0920. The van der Waals surface area contributed by atoms with Crippen LogP contribution in [0.4, 0.5) is 0 Å². The molecule has 1 aromatic rings. The molecule has 1 aliphatic heterocycles. The van der Waals surface area contributed by atoms with Crippen molar-refractivity contribution in [1.29, 1.82) is 0 Å². The number of ether oxygens (including phenoxy) is 1. The largest absolute Gasteiger partial charge is 0.481 e. The Hall–Kier alpha value is -1.58. The highest BCUT2D eigenvalue weighted by Gasteiger charge is 2.25. The summed E-state index contributed by atoms with van der Waals surface area (Å²) < 4.78 is 5.11. The fourth-order valence-corrected chi connectivity index (χ4v) is 2.21. The summed E-state index contributed by atoms with van der Waals surface area (Å²) in [7, 11) is 1.59. The Morgan fingerprint density at radius 1 is 1.50 bits per heavy atom. The minimum Gasteiger partial charge on any atom is -0.481 e. The number of carbonyl (C=O) groups is 1. The van der Waals surface area contributed by atoms with Gasteiger partial charge in [0.1, 0.15) is 0 Å². The number of aromatic nitrogens is 1.